The first-order valence-corrected chi connectivity index (χ1v) is 15.8. The van der Waals surface area contributed by atoms with Crippen LogP contribution >= 0.6 is 0 Å². The molecule has 8 N–H and O–H groups in total. The summed E-state index contributed by atoms with van der Waals surface area (Å²) in [5.41, 5.74) is 0.708. The Morgan fingerprint density at radius 2 is 1.21 bits per heavy atom. The zero-order valence-electron chi connectivity index (χ0n) is 28.9. The summed E-state index contributed by atoms with van der Waals surface area (Å²) in [7, 11) is 5.26. The largest absolute Gasteiger partial charge is 0.502 e. The van der Waals surface area contributed by atoms with Crippen LogP contribution in [0.2, 0.25) is 0 Å². The van der Waals surface area contributed by atoms with Crippen molar-refractivity contribution >= 4 is 24.1 Å². The maximum absolute atomic E-state index is 12.9. The van der Waals surface area contributed by atoms with Gasteiger partial charge in [-0.05, 0) is 47.5 Å². The number of esters is 2. The van der Waals surface area contributed by atoms with Gasteiger partial charge >= 0.3 is 11.9 Å². The van der Waals surface area contributed by atoms with Gasteiger partial charge in [-0.25, -0.2) is 9.59 Å². The smallest absolute Gasteiger partial charge is 0.331 e. The predicted octanol–water partition coefficient (Wildman–Crippen LogP) is -1.42. The second-order valence-electron chi connectivity index (χ2n) is 11.6. The summed E-state index contributed by atoms with van der Waals surface area (Å²) < 4.78 is 47.8. The highest BCUT2D eigenvalue weighted by atomic mass is 16.8. The van der Waals surface area contributed by atoms with Crippen LogP contribution in [0, 0.1) is 0 Å². The molecular weight excluding hydrogens is 712 g/mol. The van der Waals surface area contributed by atoms with E-state index in [1.54, 1.807) is 0 Å². The molecule has 2 aromatic rings. The highest BCUT2D eigenvalue weighted by Gasteiger charge is 2.60. The fourth-order valence-electron chi connectivity index (χ4n) is 5.49. The van der Waals surface area contributed by atoms with Crippen LogP contribution in [0.5, 0.6) is 34.5 Å². The summed E-state index contributed by atoms with van der Waals surface area (Å²) in [6.45, 7) is -2.69. The lowest BCUT2D eigenvalue weighted by atomic mass is 9.98. The molecule has 0 amide bonds. The Labute approximate surface area is 302 Å². The SMILES string of the molecule is COc1cc(/C=C/C(=O)OC[C@H]2O[C@H](O[C@]3(CO)O[C@@H](CO)[C@H](O)[C@@H]3OC(=O)/C=C/c3cc(OC)c(O)c(OC)c3)[C@H](O)[C@H](O)[C@@H]2O)cc(OC)c1O. The first kappa shape index (κ1) is 41.1. The number of aliphatic hydroxyl groups excluding tert-OH is 6. The first-order valence-electron chi connectivity index (χ1n) is 15.8. The average Bonchev–Trinajstić information content (AvgIpc) is 3.42. The molecule has 0 saturated carbocycles. The van der Waals surface area contributed by atoms with E-state index in [4.69, 9.17) is 42.6 Å². The van der Waals surface area contributed by atoms with E-state index >= 15 is 0 Å². The van der Waals surface area contributed by atoms with Crippen molar-refractivity contribution in [1.29, 1.82) is 0 Å². The molecule has 0 bridgehead atoms. The third kappa shape index (κ3) is 9.10. The van der Waals surface area contributed by atoms with Gasteiger partial charge in [0.25, 0.3) is 0 Å². The molecule has 2 aliphatic rings. The molecule has 292 valence electrons. The number of methoxy groups -OCH3 is 4. The number of aromatic hydroxyl groups is 2. The number of aliphatic hydroxyl groups is 6. The van der Waals surface area contributed by atoms with Crippen molar-refractivity contribution in [2.75, 3.05) is 48.3 Å². The third-order valence-corrected chi connectivity index (χ3v) is 8.32. The maximum Gasteiger partial charge on any atom is 0.331 e. The summed E-state index contributed by atoms with van der Waals surface area (Å²) in [5.74, 6) is -4.86. The van der Waals surface area contributed by atoms with Crippen molar-refractivity contribution in [2.24, 2.45) is 0 Å². The summed E-state index contributed by atoms with van der Waals surface area (Å²) in [6, 6.07) is 5.60. The topological polar surface area (TPSA) is 279 Å². The van der Waals surface area contributed by atoms with Gasteiger partial charge in [-0.1, -0.05) is 0 Å². The molecule has 9 atom stereocenters. The summed E-state index contributed by atoms with van der Waals surface area (Å²) in [4.78, 5) is 25.5. The summed E-state index contributed by atoms with van der Waals surface area (Å²) >= 11 is 0. The van der Waals surface area contributed by atoms with E-state index in [0.717, 1.165) is 12.2 Å². The van der Waals surface area contributed by atoms with Crippen molar-refractivity contribution in [1.82, 2.24) is 0 Å². The van der Waals surface area contributed by atoms with E-state index in [1.165, 1.54) is 64.9 Å². The van der Waals surface area contributed by atoms with Crippen LogP contribution in [-0.2, 0) is 33.3 Å². The van der Waals surface area contributed by atoms with Crippen molar-refractivity contribution < 1.29 is 93.1 Å². The van der Waals surface area contributed by atoms with Crippen molar-refractivity contribution in [3.05, 3.63) is 47.5 Å². The van der Waals surface area contributed by atoms with Gasteiger partial charge in [-0.15, -0.1) is 0 Å². The molecule has 0 aromatic heterocycles. The molecule has 0 radical (unpaired) electrons. The van der Waals surface area contributed by atoms with Gasteiger partial charge in [0.05, 0.1) is 35.0 Å². The minimum absolute atomic E-state index is 0.0366. The van der Waals surface area contributed by atoms with E-state index < -0.39 is 86.6 Å². The number of benzene rings is 2. The Morgan fingerprint density at radius 1 is 0.717 bits per heavy atom. The van der Waals surface area contributed by atoms with Gasteiger partial charge in [0.15, 0.2) is 35.4 Å². The van der Waals surface area contributed by atoms with Gasteiger partial charge in [0.2, 0.25) is 17.3 Å². The lowest BCUT2D eigenvalue weighted by Crippen LogP contribution is -2.63. The molecule has 0 aliphatic carbocycles. The van der Waals surface area contributed by atoms with E-state index in [2.05, 4.69) is 0 Å². The van der Waals surface area contributed by atoms with Crippen molar-refractivity contribution in [3.63, 3.8) is 0 Å². The molecule has 2 saturated heterocycles. The molecule has 4 rings (SSSR count). The van der Waals surface area contributed by atoms with Gasteiger partial charge in [-0.3, -0.25) is 0 Å². The van der Waals surface area contributed by atoms with Crippen LogP contribution in [0.4, 0.5) is 0 Å². The minimum atomic E-state index is -2.51. The number of phenolic OH excluding ortho intramolecular Hbond substituents is 2. The number of hydrogen-bond donors (Lipinski definition) is 8. The molecule has 2 heterocycles. The number of carbonyl (C=O) groups excluding carboxylic acids is 2. The molecular formula is C34H42O19. The Balaban J connectivity index is 1.48. The van der Waals surface area contributed by atoms with Crippen LogP contribution < -0.4 is 18.9 Å². The van der Waals surface area contributed by atoms with E-state index in [1.807, 2.05) is 0 Å². The molecule has 2 fully saturated rings. The molecule has 0 spiro atoms. The lowest BCUT2D eigenvalue weighted by Gasteiger charge is -2.43. The second kappa shape index (κ2) is 17.9. The van der Waals surface area contributed by atoms with Gasteiger partial charge < -0.3 is 83.5 Å². The standard InChI is InChI=1S/C34H42O19/c1-45-18-9-16(10-19(46-2)26(18)39)5-7-24(37)49-14-23-28(41)30(43)31(44)33(50-23)53-34(15-36)32(29(42)22(13-35)52-34)51-25(38)8-6-17-11-20(47-3)27(40)21(12-17)48-4/h5-12,22-23,28-33,35-36,39-44H,13-15H2,1-4H3/b7-5+,8-6+/t22-,23+,28+,29-,30+,31+,32-,33+,34-/m0/s1. The average molecular weight is 755 g/mol. The van der Waals surface area contributed by atoms with E-state index in [0.29, 0.717) is 11.1 Å². The molecule has 53 heavy (non-hydrogen) atoms. The Bertz CT molecular complexity index is 1590. The summed E-state index contributed by atoms with van der Waals surface area (Å²) in [6.07, 6.45) is -9.97. The van der Waals surface area contributed by atoms with Crippen molar-refractivity contribution in [2.45, 2.75) is 54.8 Å². The fourth-order valence-corrected chi connectivity index (χ4v) is 5.49. The van der Waals surface area contributed by atoms with Crippen molar-refractivity contribution in [3.8, 4) is 34.5 Å². The van der Waals surface area contributed by atoms with Crippen LogP contribution in [-0.4, -0.2) is 156 Å². The quantitative estimate of drug-likeness (QED) is 0.0765. The van der Waals surface area contributed by atoms with Gasteiger partial charge in [0.1, 0.15) is 49.8 Å². The number of phenols is 2. The number of ether oxygens (including phenoxy) is 9. The normalized spacial score (nSPS) is 28.6. The third-order valence-electron chi connectivity index (χ3n) is 8.32. The molecule has 19 nitrogen and oxygen atoms in total. The Hall–Kier alpha value is -4.70. The van der Waals surface area contributed by atoms with Crippen LogP contribution in [0.3, 0.4) is 0 Å². The maximum atomic E-state index is 12.9. The Kier molecular flexibility index (Phi) is 13.9. The summed E-state index contributed by atoms with van der Waals surface area (Å²) in [5, 5.41) is 83.3. The monoisotopic (exact) mass is 754 g/mol. The number of carbonyl (C=O) groups is 2. The van der Waals surface area contributed by atoms with E-state index in [-0.39, 0.29) is 34.5 Å². The van der Waals surface area contributed by atoms with Crippen LogP contribution in [0.1, 0.15) is 11.1 Å². The van der Waals surface area contributed by atoms with Crippen LogP contribution in [0.15, 0.2) is 36.4 Å². The number of hydrogen-bond acceptors (Lipinski definition) is 19. The van der Waals surface area contributed by atoms with Gasteiger partial charge in [0, 0.05) is 12.2 Å². The fraction of sp³-hybridized carbons (Fsp3) is 0.471. The highest BCUT2D eigenvalue weighted by Crippen LogP contribution is 2.40. The highest BCUT2D eigenvalue weighted by molar-refractivity contribution is 5.88. The van der Waals surface area contributed by atoms with Crippen LogP contribution in [0.25, 0.3) is 12.2 Å². The van der Waals surface area contributed by atoms with Gasteiger partial charge in [-0.2, -0.15) is 0 Å². The first-order chi connectivity index (χ1) is 25.3. The zero-order chi connectivity index (χ0) is 39.0. The molecule has 0 unspecified atom stereocenters. The molecule has 19 heteroatoms. The number of rotatable bonds is 15. The Morgan fingerprint density at radius 3 is 1.66 bits per heavy atom. The second-order valence-corrected chi connectivity index (χ2v) is 11.6. The molecule has 2 aliphatic heterocycles. The van der Waals surface area contributed by atoms with E-state index in [9.17, 15) is 50.4 Å². The lowest BCUT2D eigenvalue weighted by molar-refractivity contribution is -0.383. The minimum Gasteiger partial charge on any atom is -0.502 e. The molecule has 2 aromatic carbocycles. The zero-order valence-corrected chi connectivity index (χ0v) is 28.9. The predicted molar refractivity (Wildman–Crippen MR) is 177 cm³/mol.